The highest BCUT2D eigenvalue weighted by molar-refractivity contribution is 9.10. The van der Waals surface area contributed by atoms with E-state index in [9.17, 15) is 4.79 Å². The van der Waals surface area contributed by atoms with Gasteiger partial charge in [0.1, 0.15) is 0 Å². The number of amides is 1. The lowest BCUT2D eigenvalue weighted by Gasteiger charge is -2.17. The average Bonchev–Trinajstić information content (AvgIpc) is 2.29. The van der Waals surface area contributed by atoms with Crippen LogP contribution in [0.15, 0.2) is 22.7 Å². The molecule has 1 aromatic carbocycles. The predicted octanol–water partition coefficient (Wildman–Crippen LogP) is 2.23. The van der Waals surface area contributed by atoms with E-state index in [1.807, 2.05) is 0 Å². The molecule has 1 unspecified atom stereocenters. The molecule has 1 atom stereocenters. The minimum absolute atomic E-state index is 0.00387. The Morgan fingerprint density at radius 3 is 2.89 bits per heavy atom. The zero-order valence-electron chi connectivity index (χ0n) is 9.95. The van der Waals surface area contributed by atoms with E-state index in [1.165, 1.54) is 0 Å². The molecule has 6 heteroatoms. The summed E-state index contributed by atoms with van der Waals surface area (Å²) in [6.45, 7) is 0.355. The smallest absolute Gasteiger partial charge is 0.252 e. The fourth-order valence-electron chi connectivity index (χ4n) is 1.49. The van der Waals surface area contributed by atoms with E-state index in [4.69, 9.17) is 21.4 Å². The number of halogens is 2. The summed E-state index contributed by atoms with van der Waals surface area (Å²) in [4.78, 5) is 12.0. The normalized spacial score (nSPS) is 12.2. The van der Waals surface area contributed by atoms with Crippen molar-refractivity contribution in [3.8, 4) is 0 Å². The van der Waals surface area contributed by atoms with Crippen LogP contribution < -0.4 is 5.32 Å². The Morgan fingerprint density at radius 1 is 1.61 bits per heavy atom. The third-order valence-electron chi connectivity index (χ3n) is 2.36. The Morgan fingerprint density at radius 2 is 2.33 bits per heavy atom. The van der Waals surface area contributed by atoms with E-state index in [2.05, 4.69) is 21.2 Å². The fraction of sp³-hybridized carbons (Fsp3) is 0.417. The number of aliphatic hydroxyl groups excluding tert-OH is 1. The number of aliphatic hydroxyl groups is 1. The first-order chi connectivity index (χ1) is 8.58. The van der Waals surface area contributed by atoms with Crippen molar-refractivity contribution in [1.29, 1.82) is 0 Å². The molecule has 100 valence electrons. The van der Waals surface area contributed by atoms with Crippen LogP contribution >= 0.6 is 27.5 Å². The van der Waals surface area contributed by atoms with Gasteiger partial charge in [-0.1, -0.05) is 11.6 Å². The first-order valence-electron chi connectivity index (χ1n) is 5.44. The zero-order chi connectivity index (χ0) is 13.5. The highest BCUT2D eigenvalue weighted by Gasteiger charge is 2.15. The molecule has 1 aromatic rings. The number of ether oxygens (including phenoxy) is 1. The summed E-state index contributed by atoms with van der Waals surface area (Å²) in [5.74, 6) is -0.228. The van der Waals surface area contributed by atoms with E-state index in [-0.39, 0.29) is 18.6 Å². The van der Waals surface area contributed by atoms with Crippen LogP contribution in [0.1, 0.15) is 16.8 Å². The van der Waals surface area contributed by atoms with Gasteiger partial charge < -0.3 is 15.2 Å². The maximum Gasteiger partial charge on any atom is 0.252 e. The molecule has 1 amide bonds. The van der Waals surface area contributed by atoms with E-state index < -0.39 is 0 Å². The van der Waals surface area contributed by atoms with Gasteiger partial charge in [0.05, 0.1) is 18.2 Å². The van der Waals surface area contributed by atoms with Crippen molar-refractivity contribution in [1.82, 2.24) is 5.32 Å². The number of hydrogen-bond acceptors (Lipinski definition) is 3. The van der Waals surface area contributed by atoms with Crippen LogP contribution in [0.5, 0.6) is 0 Å². The number of hydrogen-bond donors (Lipinski definition) is 2. The first-order valence-corrected chi connectivity index (χ1v) is 6.61. The predicted molar refractivity (Wildman–Crippen MR) is 74.0 cm³/mol. The number of carbonyl (C=O) groups excluding carboxylic acids is 1. The van der Waals surface area contributed by atoms with Gasteiger partial charge in [0.2, 0.25) is 0 Å². The maximum absolute atomic E-state index is 12.0. The Hall–Kier alpha value is -0.620. The minimum atomic E-state index is -0.228. The molecule has 0 fully saturated rings. The molecule has 2 N–H and O–H groups in total. The van der Waals surface area contributed by atoms with Crippen LogP contribution in [0.4, 0.5) is 0 Å². The molecule has 1 rings (SSSR count). The van der Waals surface area contributed by atoms with Crippen molar-refractivity contribution >= 4 is 33.4 Å². The molecule has 0 radical (unpaired) electrons. The molecule has 0 aromatic heterocycles. The summed E-state index contributed by atoms with van der Waals surface area (Å²) in [6.07, 6.45) is 0.449. The molecule has 0 saturated heterocycles. The van der Waals surface area contributed by atoms with Crippen molar-refractivity contribution in [3.05, 3.63) is 33.3 Å². The van der Waals surface area contributed by atoms with E-state index in [0.29, 0.717) is 28.1 Å². The third kappa shape index (κ3) is 4.57. The van der Waals surface area contributed by atoms with Gasteiger partial charge in [0, 0.05) is 23.2 Å². The number of methoxy groups -OCH3 is 1. The highest BCUT2D eigenvalue weighted by Crippen LogP contribution is 2.21. The van der Waals surface area contributed by atoms with Gasteiger partial charge in [0.15, 0.2) is 0 Å². The molecule has 18 heavy (non-hydrogen) atoms. The lowest BCUT2D eigenvalue weighted by atomic mass is 10.1. The third-order valence-corrected chi connectivity index (χ3v) is 3.25. The molecule has 0 aliphatic heterocycles. The van der Waals surface area contributed by atoms with Gasteiger partial charge in [-0.3, -0.25) is 4.79 Å². The largest absolute Gasteiger partial charge is 0.396 e. The second-order valence-electron chi connectivity index (χ2n) is 3.76. The molecule has 0 saturated carbocycles. The van der Waals surface area contributed by atoms with Crippen molar-refractivity contribution in [2.45, 2.75) is 12.5 Å². The summed E-state index contributed by atoms with van der Waals surface area (Å²) in [5.41, 5.74) is 0.499. The average molecular weight is 337 g/mol. The number of rotatable bonds is 6. The van der Waals surface area contributed by atoms with Crippen LogP contribution in [0, 0.1) is 0 Å². The molecule has 0 aliphatic carbocycles. The zero-order valence-corrected chi connectivity index (χ0v) is 12.3. The van der Waals surface area contributed by atoms with Gasteiger partial charge in [-0.15, -0.1) is 0 Å². The van der Waals surface area contributed by atoms with Gasteiger partial charge in [-0.05, 0) is 40.5 Å². The summed E-state index contributed by atoms with van der Waals surface area (Å²) in [7, 11) is 1.55. The Balaban J connectivity index is 2.73. The standard InChI is InChI=1S/C12H15BrClNO3/c1-18-7-9(4-5-16)15-12(17)10-3-2-8(14)6-11(10)13/h2-3,6,9,16H,4-5,7H2,1H3,(H,15,17). The fourth-order valence-corrected chi connectivity index (χ4v) is 2.35. The highest BCUT2D eigenvalue weighted by atomic mass is 79.9. The van der Waals surface area contributed by atoms with Crippen LogP contribution in [0.3, 0.4) is 0 Å². The van der Waals surface area contributed by atoms with Gasteiger partial charge >= 0.3 is 0 Å². The summed E-state index contributed by atoms with van der Waals surface area (Å²) in [6, 6.07) is 4.74. The molecular formula is C12H15BrClNO3. The monoisotopic (exact) mass is 335 g/mol. The van der Waals surface area contributed by atoms with Crippen molar-refractivity contribution in [2.75, 3.05) is 20.3 Å². The molecule has 0 aliphatic rings. The van der Waals surface area contributed by atoms with E-state index >= 15 is 0 Å². The molecule has 4 nitrogen and oxygen atoms in total. The molecule has 0 heterocycles. The molecule has 0 bridgehead atoms. The first kappa shape index (κ1) is 15.4. The van der Waals surface area contributed by atoms with Gasteiger partial charge in [-0.2, -0.15) is 0 Å². The topological polar surface area (TPSA) is 58.6 Å². The summed E-state index contributed by atoms with van der Waals surface area (Å²) >= 11 is 9.10. The SMILES string of the molecule is COCC(CCO)NC(=O)c1ccc(Cl)cc1Br. The quantitative estimate of drug-likeness (QED) is 0.837. The number of benzene rings is 1. The summed E-state index contributed by atoms with van der Waals surface area (Å²) in [5, 5.41) is 12.3. The van der Waals surface area contributed by atoms with Gasteiger partial charge in [-0.25, -0.2) is 0 Å². The van der Waals surface area contributed by atoms with Crippen LogP contribution in [-0.4, -0.2) is 37.4 Å². The van der Waals surface area contributed by atoms with Crippen LogP contribution in [0.25, 0.3) is 0 Å². The Labute approximate surface area is 119 Å². The second-order valence-corrected chi connectivity index (χ2v) is 5.05. The van der Waals surface area contributed by atoms with E-state index in [1.54, 1.807) is 25.3 Å². The van der Waals surface area contributed by atoms with Crippen LogP contribution in [0.2, 0.25) is 5.02 Å². The van der Waals surface area contributed by atoms with Crippen molar-refractivity contribution in [3.63, 3.8) is 0 Å². The molecular weight excluding hydrogens is 321 g/mol. The lowest BCUT2D eigenvalue weighted by Crippen LogP contribution is -2.38. The minimum Gasteiger partial charge on any atom is -0.396 e. The van der Waals surface area contributed by atoms with Gasteiger partial charge in [0.25, 0.3) is 5.91 Å². The Kier molecular flexibility index (Phi) is 6.63. The lowest BCUT2D eigenvalue weighted by molar-refractivity contribution is 0.0878. The Bertz CT molecular complexity index is 408. The second kappa shape index (κ2) is 7.74. The number of nitrogens with one attached hydrogen (secondary N) is 1. The van der Waals surface area contributed by atoms with E-state index in [0.717, 1.165) is 0 Å². The molecule has 0 spiro atoms. The van der Waals surface area contributed by atoms with Crippen LogP contribution in [-0.2, 0) is 4.74 Å². The van der Waals surface area contributed by atoms with Crippen molar-refractivity contribution in [2.24, 2.45) is 0 Å². The summed E-state index contributed by atoms with van der Waals surface area (Å²) < 4.78 is 5.62. The maximum atomic E-state index is 12.0. The van der Waals surface area contributed by atoms with Crippen molar-refractivity contribution < 1.29 is 14.6 Å². The number of carbonyl (C=O) groups is 1.